The van der Waals surface area contributed by atoms with Crippen molar-refractivity contribution in [3.8, 4) is 11.5 Å². The number of fused-ring (bicyclic) bond motifs is 1. The summed E-state index contributed by atoms with van der Waals surface area (Å²) in [7, 11) is 0. The van der Waals surface area contributed by atoms with Crippen LogP contribution < -0.4 is 9.47 Å². The van der Waals surface area contributed by atoms with Crippen molar-refractivity contribution in [3.05, 3.63) is 23.3 Å². The Balaban J connectivity index is 2.66. The van der Waals surface area contributed by atoms with Gasteiger partial charge in [-0.25, -0.2) is 13.6 Å². The molecule has 17 heavy (non-hydrogen) atoms. The highest BCUT2D eigenvalue weighted by Crippen LogP contribution is 2.37. The summed E-state index contributed by atoms with van der Waals surface area (Å²) in [6, 6.07) is 0.711. The lowest BCUT2D eigenvalue weighted by Crippen LogP contribution is -2.22. The molecule has 0 fully saturated rings. The van der Waals surface area contributed by atoms with E-state index in [1.165, 1.54) is 0 Å². The quantitative estimate of drug-likeness (QED) is 0.620. The lowest BCUT2D eigenvalue weighted by molar-refractivity contribution is -0.131. The highest BCUT2D eigenvalue weighted by atomic mass is 19.2. The van der Waals surface area contributed by atoms with Crippen molar-refractivity contribution in [3.63, 3.8) is 0 Å². The van der Waals surface area contributed by atoms with Gasteiger partial charge in [0, 0.05) is 6.07 Å². The Kier molecular flexibility index (Phi) is 2.66. The van der Waals surface area contributed by atoms with Crippen molar-refractivity contribution >= 4 is 11.8 Å². The largest absolute Gasteiger partial charge is 0.486 e. The summed E-state index contributed by atoms with van der Waals surface area (Å²) in [5, 5.41) is 8.52. The highest BCUT2D eigenvalue weighted by Gasteiger charge is 2.31. The molecule has 1 heterocycles. The lowest BCUT2D eigenvalue weighted by Gasteiger charge is -2.20. The molecule has 0 aromatic heterocycles. The summed E-state index contributed by atoms with van der Waals surface area (Å²) < 4.78 is 36.4. The van der Waals surface area contributed by atoms with Gasteiger partial charge in [0.05, 0.1) is 0 Å². The van der Waals surface area contributed by atoms with Crippen LogP contribution >= 0.6 is 0 Å². The molecule has 7 heteroatoms. The highest BCUT2D eigenvalue weighted by molar-refractivity contribution is 6.40. The number of benzene rings is 1. The molecule has 1 N–H and O–H groups in total. The minimum absolute atomic E-state index is 0.0258. The number of carboxylic acids is 1. The fourth-order valence-electron chi connectivity index (χ4n) is 1.44. The van der Waals surface area contributed by atoms with Gasteiger partial charge in [-0.15, -0.1) is 0 Å². The molecule has 2 rings (SSSR count). The molecule has 0 saturated heterocycles. The molecule has 0 atom stereocenters. The molecule has 0 saturated carbocycles. The van der Waals surface area contributed by atoms with Gasteiger partial charge in [-0.3, -0.25) is 4.79 Å². The maximum absolute atomic E-state index is 13.4. The molecule has 90 valence electrons. The summed E-state index contributed by atoms with van der Waals surface area (Å²) in [5.41, 5.74) is -0.952. The van der Waals surface area contributed by atoms with Gasteiger partial charge in [-0.2, -0.15) is 0 Å². The van der Waals surface area contributed by atoms with Crippen molar-refractivity contribution in [1.82, 2.24) is 0 Å². The van der Waals surface area contributed by atoms with Crippen LogP contribution in [0.5, 0.6) is 11.5 Å². The fourth-order valence-corrected chi connectivity index (χ4v) is 1.44. The molecule has 1 aliphatic rings. The Morgan fingerprint density at radius 3 is 2.53 bits per heavy atom. The van der Waals surface area contributed by atoms with Crippen molar-refractivity contribution in [2.24, 2.45) is 0 Å². The Bertz CT molecular complexity index is 512. The maximum atomic E-state index is 13.4. The summed E-state index contributed by atoms with van der Waals surface area (Å²) in [6.45, 7) is 0.136. The number of hydrogen-bond acceptors (Lipinski definition) is 4. The van der Waals surface area contributed by atoms with E-state index in [0.29, 0.717) is 6.07 Å². The monoisotopic (exact) mass is 244 g/mol. The third kappa shape index (κ3) is 1.79. The SMILES string of the molecule is O=C(O)C(=O)c1c(F)c(F)cc2c1OCCO2. The van der Waals surface area contributed by atoms with Crippen LogP contribution in [0.1, 0.15) is 10.4 Å². The van der Waals surface area contributed by atoms with Gasteiger partial charge in [0.1, 0.15) is 18.8 Å². The van der Waals surface area contributed by atoms with E-state index in [1.807, 2.05) is 0 Å². The van der Waals surface area contributed by atoms with Crippen LogP contribution in [0.25, 0.3) is 0 Å². The van der Waals surface area contributed by atoms with Crippen LogP contribution in [0.3, 0.4) is 0 Å². The average Bonchev–Trinajstić information content (AvgIpc) is 2.30. The molecule has 1 aliphatic heterocycles. The predicted octanol–water partition coefficient (Wildman–Crippen LogP) is 1.00. The molecule has 0 unspecified atom stereocenters. The Hall–Kier alpha value is -2.18. The third-order valence-corrected chi connectivity index (χ3v) is 2.15. The first-order valence-electron chi connectivity index (χ1n) is 4.57. The van der Waals surface area contributed by atoms with E-state index in [1.54, 1.807) is 0 Å². The first-order valence-corrected chi connectivity index (χ1v) is 4.57. The molecule has 0 radical (unpaired) electrons. The number of ether oxygens (including phenoxy) is 2. The van der Waals surface area contributed by atoms with Crippen LogP contribution in [0, 0.1) is 11.6 Å². The molecule has 0 spiro atoms. The molecular formula is C10H6F2O5. The predicted molar refractivity (Wildman–Crippen MR) is 49.3 cm³/mol. The standard InChI is InChI=1S/C10H6F2O5/c11-4-3-5-9(17-2-1-16-5)6(7(4)12)8(13)10(14)15/h3H,1-2H2,(H,14,15). The molecule has 0 amide bonds. The zero-order valence-electron chi connectivity index (χ0n) is 8.33. The van der Waals surface area contributed by atoms with Gasteiger partial charge in [0.2, 0.25) is 0 Å². The third-order valence-electron chi connectivity index (χ3n) is 2.15. The molecule has 5 nitrogen and oxygen atoms in total. The van der Waals surface area contributed by atoms with E-state index in [4.69, 9.17) is 14.6 Å². The first-order chi connectivity index (χ1) is 8.02. The van der Waals surface area contributed by atoms with E-state index in [0.717, 1.165) is 0 Å². The number of aliphatic carboxylic acids is 1. The van der Waals surface area contributed by atoms with Gasteiger partial charge in [-0.05, 0) is 0 Å². The number of Topliss-reactive ketones (excluding diaryl/α,β-unsaturated/α-hetero) is 1. The van der Waals surface area contributed by atoms with E-state index in [-0.39, 0.29) is 24.7 Å². The molecular weight excluding hydrogens is 238 g/mol. The van der Waals surface area contributed by atoms with Crippen molar-refractivity contribution in [2.45, 2.75) is 0 Å². The number of carboxylic acid groups (broad SMARTS) is 1. The maximum Gasteiger partial charge on any atom is 0.377 e. The number of carbonyl (C=O) groups excluding carboxylic acids is 1. The van der Waals surface area contributed by atoms with Gasteiger partial charge in [0.25, 0.3) is 5.78 Å². The van der Waals surface area contributed by atoms with Gasteiger partial charge < -0.3 is 14.6 Å². The smallest absolute Gasteiger partial charge is 0.377 e. The number of halogens is 2. The first kappa shape index (κ1) is 11.3. The van der Waals surface area contributed by atoms with Crippen LogP contribution in [0.15, 0.2) is 6.07 Å². The van der Waals surface area contributed by atoms with Crippen molar-refractivity contribution in [2.75, 3.05) is 13.2 Å². The number of hydrogen-bond donors (Lipinski definition) is 1. The summed E-state index contributed by atoms with van der Waals surface area (Å²) in [5.74, 6) is -6.95. The van der Waals surface area contributed by atoms with Gasteiger partial charge in [0.15, 0.2) is 23.1 Å². The van der Waals surface area contributed by atoms with Crippen molar-refractivity contribution < 1.29 is 33.0 Å². The Morgan fingerprint density at radius 1 is 1.24 bits per heavy atom. The van der Waals surface area contributed by atoms with Crippen molar-refractivity contribution in [1.29, 1.82) is 0 Å². The zero-order valence-corrected chi connectivity index (χ0v) is 8.33. The second-order valence-electron chi connectivity index (χ2n) is 3.21. The lowest BCUT2D eigenvalue weighted by atomic mass is 10.1. The summed E-state index contributed by atoms with van der Waals surface area (Å²) >= 11 is 0. The minimum Gasteiger partial charge on any atom is -0.486 e. The Labute approximate surface area is 93.6 Å². The van der Waals surface area contributed by atoms with Gasteiger partial charge in [-0.1, -0.05) is 0 Å². The van der Waals surface area contributed by atoms with Crippen LogP contribution in [-0.2, 0) is 4.79 Å². The Morgan fingerprint density at radius 2 is 1.88 bits per heavy atom. The minimum atomic E-state index is -1.90. The number of carbonyl (C=O) groups is 2. The van der Waals surface area contributed by atoms with E-state index < -0.39 is 29.0 Å². The number of ketones is 1. The topological polar surface area (TPSA) is 72.8 Å². The van der Waals surface area contributed by atoms with E-state index in [2.05, 4.69) is 0 Å². The van der Waals surface area contributed by atoms with Crippen LogP contribution in [-0.4, -0.2) is 30.1 Å². The number of rotatable bonds is 2. The second kappa shape index (κ2) is 4.00. The zero-order chi connectivity index (χ0) is 12.6. The molecule has 1 aromatic rings. The fraction of sp³-hybridized carbons (Fsp3) is 0.200. The van der Waals surface area contributed by atoms with E-state index in [9.17, 15) is 18.4 Å². The molecule has 1 aromatic carbocycles. The normalized spacial score (nSPS) is 13.3. The summed E-state index contributed by atoms with van der Waals surface area (Å²) in [4.78, 5) is 21.8. The van der Waals surface area contributed by atoms with Gasteiger partial charge >= 0.3 is 5.97 Å². The molecule has 0 bridgehead atoms. The second-order valence-corrected chi connectivity index (χ2v) is 3.21. The van der Waals surface area contributed by atoms with E-state index >= 15 is 0 Å². The average molecular weight is 244 g/mol. The summed E-state index contributed by atoms with van der Waals surface area (Å²) in [6.07, 6.45) is 0. The van der Waals surface area contributed by atoms with Crippen LogP contribution in [0.2, 0.25) is 0 Å². The molecule has 0 aliphatic carbocycles. The van der Waals surface area contributed by atoms with Crippen LogP contribution in [0.4, 0.5) is 8.78 Å².